The van der Waals surface area contributed by atoms with E-state index in [-0.39, 0.29) is 25.3 Å². The Balaban J connectivity index is 1.63. The molecule has 0 radical (unpaired) electrons. The Kier molecular flexibility index (Phi) is 5.78. The molecule has 0 spiro atoms. The molecule has 146 valence electrons. The van der Waals surface area contributed by atoms with E-state index < -0.39 is 28.9 Å². The van der Waals surface area contributed by atoms with Gasteiger partial charge in [-0.2, -0.15) is 0 Å². The topological polar surface area (TPSA) is 82.4 Å². The maximum Gasteiger partial charge on any atom is 0.165 e. The summed E-state index contributed by atoms with van der Waals surface area (Å²) in [6, 6.07) is 2.82. The van der Waals surface area contributed by atoms with Gasteiger partial charge in [0, 0.05) is 51.8 Å². The Bertz CT molecular complexity index is 626. The van der Waals surface area contributed by atoms with Crippen molar-refractivity contribution < 1.29 is 33.6 Å². The SMILES string of the molecule is O[C@H]1CCN(CC2(O)CCOCC2)C[C@]1(O)COc1cc(F)ccc1F. The first-order valence-electron chi connectivity index (χ1n) is 8.80. The molecule has 6 nitrogen and oxygen atoms in total. The van der Waals surface area contributed by atoms with Crippen molar-refractivity contribution in [3.63, 3.8) is 0 Å². The molecule has 2 heterocycles. The molecule has 0 aromatic heterocycles. The highest BCUT2D eigenvalue weighted by Crippen LogP contribution is 2.28. The average Bonchev–Trinajstić information content (AvgIpc) is 2.59. The van der Waals surface area contributed by atoms with E-state index in [4.69, 9.17) is 9.47 Å². The van der Waals surface area contributed by atoms with Crippen molar-refractivity contribution in [3.8, 4) is 5.75 Å². The normalized spacial score (nSPS) is 29.5. The lowest BCUT2D eigenvalue weighted by Gasteiger charge is -2.45. The summed E-state index contributed by atoms with van der Waals surface area (Å²) in [5.74, 6) is -1.71. The van der Waals surface area contributed by atoms with Gasteiger partial charge in [-0.15, -0.1) is 0 Å². The molecule has 26 heavy (non-hydrogen) atoms. The van der Waals surface area contributed by atoms with Crippen molar-refractivity contribution in [1.29, 1.82) is 0 Å². The number of benzene rings is 1. The number of aliphatic hydroxyl groups excluding tert-OH is 1. The van der Waals surface area contributed by atoms with Gasteiger partial charge in [-0.25, -0.2) is 8.78 Å². The minimum atomic E-state index is -1.64. The predicted octanol–water partition coefficient (Wildman–Crippen LogP) is 0.683. The third kappa shape index (κ3) is 4.50. The summed E-state index contributed by atoms with van der Waals surface area (Å²) in [5, 5.41) is 31.7. The number of β-amino-alcohol motifs (C(OH)–C–C–N with tert-alkyl or cyclic N) is 2. The molecule has 8 heteroatoms. The summed E-state index contributed by atoms with van der Waals surface area (Å²) in [5.41, 5.74) is -2.53. The van der Waals surface area contributed by atoms with Gasteiger partial charge < -0.3 is 24.8 Å². The largest absolute Gasteiger partial charge is 0.487 e. The van der Waals surface area contributed by atoms with Crippen molar-refractivity contribution in [2.75, 3.05) is 39.5 Å². The van der Waals surface area contributed by atoms with Crippen LogP contribution in [0.15, 0.2) is 18.2 Å². The average molecular weight is 373 g/mol. The van der Waals surface area contributed by atoms with E-state index in [1.807, 2.05) is 4.90 Å². The van der Waals surface area contributed by atoms with Crippen molar-refractivity contribution in [1.82, 2.24) is 4.90 Å². The van der Waals surface area contributed by atoms with E-state index in [0.29, 0.717) is 39.1 Å². The zero-order valence-electron chi connectivity index (χ0n) is 14.5. The molecular weight excluding hydrogens is 348 g/mol. The van der Waals surface area contributed by atoms with Crippen LogP contribution in [0.25, 0.3) is 0 Å². The molecule has 2 atom stereocenters. The first-order chi connectivity index (χ1) is 12.3. The van der Waals surface area contributed by atoms with Crippen molar-refractivity contribution in [2.24, 2.45) is 0 Å². The fourth-order valence-corrected chi connectivity index (χ4v) is 3.54. The Hall–Kier alpha value is -1.32. The highest BCUT2D eigenvalue weighted by molar-refractivity contribution is 5.25. The van der Waals surface area contributed by atoms with Crippen LogP contribution in [0.2, 0.25) is 0 Å². The van der Waals surface area contributed by atoms with Gasteiger partial charge in [-0.3, -0.25) is 4.90 Å². The van der Waals surface area contributed by atoms with Crippen LogP contribution >= 0.6 is 0 Å². The van der Waals surface area contributed by atoms with Crippen LogP contribution in [0.1, 0.15) is 19.3 Å². The number of likely N-dealkylation sites (tertiary alicyclic amines) is 1. The fourth-order valence-electron chi connectivity index (χ4n) is 3.54. The molecule has 0 amide bonds. The molecule has 3 rings (SSSR count). The Morgan fingerprint density at radius 2 is 1.96 bits per heavy atom. The molecule has 2 saturated heterocycles. The Morgan fingerprint density at radius 3 is 2.69 bits per heavy atom. The lowest BCUT2D eigenvalue weighted by atomic mass is 9.87. The van der Waals surface area contributed by atoms with Crippen LogP contribution in [-0.2, 0) is 4.74 Å². The van der Waals surface area contributed by atoms with Crippen molar-refractivity contribution in [3.05, 3.63) is 29.8 Å². The summed E-state index contributed by atoms with van der Waals surface area (Å²) in [6.45, 7) is 1.51. The van der Waals surface area contributed by atoms with Gasteiger partial charge >= 0.3 is 0 Å². The third-order valence-corrected chi connectivity index (χ3v) is 5.15. The summed E-state index contributed by atoms with van der Waals surface area (Å²) in [4.78, 5) is 1.86. The molecular formula is C18H25F2NO5. The Labute approximate surface area is 150 Å². The van der Waals surface area contributed by atoms with E-state index in [1.165, 1.54) is 0 Å². The van der Waals surface area contributed by atoms with E-state index in [1.54, 1.807) is 0 Å². The lowest BCUT2D eigenvalue weighted by molar-refractivity contribution is -0.154. The molecule has 0 saturated carbocycles. The van der Waals surface area contributed by atoms with Gasteiger partial charge in [0.25, 0.3) is 0 Å². The van der Waals surface area contributed by atoms with Crippen LogP contribution in [0.4, 0.5) is 8.78 Å². The number of halogens is 2. The molecule has 2 aliphatic rings. The maximum atomic E-state index is 13.7. The second-order valence-corrected chi connectivity index (χ2v) is 7.32. The van der Waals surface area contributed by atoms with Crippen molar-refractivity contribution in [2.45, 2.75) is 36.6 Å². The number of nitrogens with zero attached hydrogens (tertiary/aromatic N) is 1. The highest BCUT2D eigenvalue weighted by Gasteiger charge is 2.44. The molecule has 3 N–H and O–H groups in total. The van der Waals surface area contributed by atoms with E-state index in [9.17, 15) is 24.1 Å². The van der Waals surface area contributed by atoms with Gasteiger partial charge in [-0.05, 0) is 18.6 Å². The maximum absolute atomic E-state index is 13.7. The minimum absolute atomic E-state index is 0.0638. The van der Waals surface area contributed by atoms with Crippen LogP contribution < -0.4 is 4.74 Å². The van der Waals surface area contributed by atoms with Crippen LogP contribution in [-0.4, -0.2) is 77.0 Å². The number of aliphatic hydroxyl groups is 3. The number of hydrogen-bond donors (Lipinski definition) is 3. The van der Waals surface area contributed by atoms with Gasteiger partial charge in [0.05, 0.1) is 11.7 Å². The number of hydrogen-bond acceptors (Lipinski definition) is 6. The van der Waals surface area contributed by atoms with Gasteiger partial charge in [0.1, 0.15) is 18.0 Å². The predicted molar refractivity (Wildman–Crippen MR) is 88.9 cm³/mol. The Morgan fingerprint density at radius 1 is 1.23 bits per heavy atom. The highest BCUT2D eigenvalue weighted by atomic mass is 19.1. The van der Waals surface area contributed by atoms with Crippen molar-refractivity contribution >= 4 is 0 Å². The van der Waals surface area contributed by atoms with E-state index >= 15 is 0 Å². The van der Waals surface area contributed by atoms with Crippen LogP contribution in [0.3, 0.4) is 0 Å². The second kappa shape index (κ2) is 7.74. The summed E-state index contributed by atoms with van der Waals surface area (Å²) in [6.07, 6.45) is 0.253. The quantitative estimate of drug-likeness (QED) is 0.704. The molecule has 2 aliphatic heterocycles. The summed E-state index contributed by atoms with van der Waals surface area (Å²) < 4.78 is 37.5. The van der Waals surface area contributed by atoms with Gasteiger partial charge in [0.15, 0.2) is 11.6 Å². The van der Waals surface area contributed by atoms with E-state index in [0.717, 1.165) is 18.2 Å². The number of ether oxygens (including phenoxy) is 2. The van der Waals surface area contributed by atoms with Gasteiger partial charge in [0.2, 0.25) is 0 Å². The zero-order chi connectivity index (χ0) is 18.8. The molecule has 0 aliphatic carbocycles. The van der Waals surface area contributed by atoms with Crippen LogP contribution in [0, 0.1) is 11.6 Å². The molecule has 0 unspecified atom stereocenters. The lowest BCUT2D eigenvalue weighted by Crippen LogP contribution is -2.62. The summed E-state index contributed by atoms with van der Waals surface area (Å²) in [7, 11) is 0. The fraction of sp³-hybridized carbons (Fsp3) is 0.667. The number of piperidine rings is 1. The molecule has 1 aromatic rings. The van der Waals surface area contributed by atoms with Gasteiger partial charge in [-0.1, -0.05) is 0 Å². The standard InChI is InChI=1S/C18H25F2NO5/c19-13-1-2-14(20)15(9-13)26-12-18(24)11-21(6-3-16(18)22)10-17(23)4-7-25-8-5-17/h1-2,9,16,22-24H,3-8,10-12H2/t16-,18-/m0/s1. The first kappa shape index (κ1) is 19.4. The molecule has 1 aromatic carbocycles. The molecule has 2 fully saturated rings. The van der Waals surface area contributed by atoms with Crippen LogP contribution in [0.5, 0.6) is 5.75 Å². The second-order valence-electron chi connectivity index (χ2n) is 7.32. The minimum Gasteiger partial charge on any atom is -0.487 e. The third-order valence-electron chi connectivity index (χ3n) is 5.15. The monoisotopic (exact) mass is 373 g/mol. The molecule has 0 bridgehead atoms. The smallest absolute Gasteiger partial charge is 0.165 e. The number of rotatable bonds is 5. The summed E-state index contributed by atoms with van der Waals surface area (Å²) >= 11 is 0. The zero-order valence-corrected chi connectivity index (χ0v) is 14.5. The van der Waals surface area contributed by atoms with E-state index in [2.05, 4.69) is 0 Å². The first-order valence-corrected chi connectivity index (χ1v) is 8.80.